The predicted molar refractivity (Wildman–Crippen MR) is 61.3 cm³/mol. The quantitative estimate of drug-likeness (QED) is 0.267. The zero-order valence-corrected chi connectivity index (χ0v) is 10.3. The Balaban J connectivity index is -0.000000179. The van der Waals surface area contributed by atoms with Crippen LogP contribution in [0.3, 0.4) is 0 Å². The van der Waals surface area contributed by atoms with Crippen LogP contribution >= 0.6 is 8.60 Å². The Kier molecular flexibility index (Phi) is 27.4. The van der Waals surface area contributed by atoms with Gasteiger partial charge >= 0.3 is 8.60 Å². The summed E-state index contributed by atoms with van der Waals surface area (Å²) in [5, 5.41) is 23.7. The van der Waals surface area contributed by atoms with Crippen LogP contribution in [-0.4, -0.2) is 64.1 Å². The van der Waals surface area contributed by atoms with Crippen LogP contribution in [0.1, 0.15) is 6.92 Å². The molecule has 0 saturated heterocycles. The Hall–Kier alpha value is 0.110. The Morgan fingerprint density at radius 1 is 1.06 bits per heavy atom. The molecule has 9 N–H and O–H groups in total. The molecule has 0 aliphatic rings. The average molecular weight is 262 g/mol. The molecule has 1 atom stereocenters. The second kappa shape index (κ2) is 20.5. The van der Waals surface area contributed by atoms with E-state index in [1.165, 1.54) is 0 Å². The molecular weight excluding hydrogens is 239 g/mol. The van der Waals surface area contributed by atoms with Gasteiger partial charge in [-0.1, -0.05) is 0 Å². The summed E-state index contributed by atoms with van der Waals surface area (Å²) in [6.45, 7) is 2.29. The Bertz CT molecular complexity index is 103. The summed E-state index contributed by atoms with van der Waals surface area (Å²) < 4.78 is 4.33. The van der Waals surface area contributed by atoms with Gasteiger partial charge in [0, 0.05) is 13.1 Å². The van der Waals surface area contributed by atoms with Gasteiger partial charge in [0.05, 0.1) is 25.9 Å². The lowest BCUT2D eigenvalue weighted by Gasteiger charge is -2.07. The van der Waals surface area contributed by atoms with Gasteiger partial charge in [-0.3, -0.25) is 0 Å². The maximum atomic E-state index is 8.25. The Morgan fingerprint density at radius 3 is 1.44 bits per heavy atom. The summed E-state index contributed by atoms with van der Waals surface area (Å²) >= 11 is 0. The van der Waals surface area contributed by atoms with Gasteiger partial charge in [-0.15, -0.1) is 0 Å². The lowest BCUT2D eigenvalue weighted by Crippen LogP contribution is -2.09. The van der Waals surface area contributed by atoms with Gasteiger partial charge in [0.1, 0.15) is 0 Å². The number of nitrogens with two attached hydrogens (primary N) is 2. The minimum atomic E-state index is -2.31. The largest absolute Gasteiger partial charge is 0.395 e. The zero-order valence-electron chi connectivity index (χ0n) is 9.36. The average Bonchev–Trinajstić information content (AvgIpc) is 2.28. The number of rotatable bonds is 5. The van der Waals surface area contributed by atoms with Crippen molar-refractivity contribution in [1.29, 1.82) is 0 Å². The topological polar surface area (TPSA) is 162 Å². The van der Waals surface area contributed by atoms with Crippen molar-refractivity contribution < 1.29 is 29.6 Å². The molecule has 102 valence electrons. The van der Waals surface area contributed by atoms with Gasteiger partial charge in [0.15, 0.2) is 0 Å². The van der Waals surface area contributed by atoms with Crippen LogP contribution in [0.5, 0.6) is 0 Å². The highest BCUT2D eigenvalue weighted by atomic mass is 31.2. The van der Waals surface area contributed by atoms with Crippen molar-refractivity contribution in [3.63, 3.8) is 0 Å². The summed E-state index contributed by atoms with van der Waals surface area (Å²) in [4.78, 5) is 16.3. The second-order valence-corrected chi connectivity index (χ2v) is 3.09. The van der Waals surface area contributed by atoms with Crippen LogP contribution < -0.4 is 11.5 Å². The number of hydrogen-bond donors (Lipinski definition) is 7. The minimum absolute atomic E-state index is 0.0972. The van der Waals surface area contributed by atoms with Gasteiger partial charge in [0.2, 0.25) is 0 Å². The maximum Gasteiger partial charge on any atom is 0.327 e. The van der Waals surface area contributed by atoms with E-state index in [1.54, 1.807) is 6.92 Å². The van der Waals surface area contributed by atoms with Crippen molar-refractivity contribution in [3.05, 3.63) is 0 Å². The third-order valence-electron chi connectivity index (χ3n) is 0.790. The van der Waals surface area contributed by atoms with Crippen molar-refractivity contribution >= 4 is 8.60 Å². The molecule has 0 heterocycles. The molecule has 0 radical (unpaired) electrons. The molecular formula is C7H23N2O6P. The van der Waals surface area contributed by atoms with E-state index in [0.29, 0.717) is 13.1 Å². The molecule has 0 aliphatic carbocycles. The molecule has 0 bridgehead atoms. The monoisotopic (exact) mass is 262 g/mol. The summed E-state index contributed by atoms with van der Waals surface area (Å²) in [5.74, 6) is 0. The first-order valence-corrected chi connectivity index (χ1v) is 5.73. The lowest BCUT2D eigenvalue weighted by molar-refractivity contribution is 0.114. The fraction of sp³-hybridized carbons (Fsp3) is 1.00. The molecule has 0 rings (SSSR count). The lowest BCUT2D eigenvalue weighted by atomic mass is 10.5. The predicted octanol–water partition coefficient (Wildman–Crippen LogP) is -2.53. The van der Waals surface area contributed by atoms with E-state index in [4.69, 9.17) is 36.6 Å². The van der Waals surface area contributed by atoms with E-state index in [9.17, 15) is 0 Å². The fourth-order valence-electron chi connectivity index (χ4n) is 0.194. The van der Waals surface area contributed by atoms with Crippen LogP contribution in [0.2, 0.25) is 0 Å². The zero-order chi connectivity index (χ0) is 13.4. The summed E-state index contributed by atoms with van der Waals surface area (Å²) in [6.07, 6.45) is -0.490. The van der Waals surface area contributed by atoms with E-state index < -0.39 is 14.7 Å². The summed E-state index contributed by atoms with van der Waals surface area (Å²) in [5.41, 5.74) is 9.56. The third-order valence-corrected chi connectivity index (χ3v) is 1.34. The van der Waals surface area contributed by atoms with Crippen molar-refractivity contribution in [3.8, 4) is 0 Å². The van der Waals surface area contributed by atoms with E-state index in [1.807, 2.05) is 0 Å². The first-order valence-electron chi connectivity index (χ1n) is 4.57. The van der Waals surface area contributed by atoms with Gasteiger partial charge in [0.25, 0.3) is 0 Å². The molecule has 0 amide bonds. The van der Waals surface area contributed by atoms with Crippen molar-refractivity contribution in [1.82, 2.24) is 0 Å². The minimum Gasteiger partial charge on any atom is -0.395 e. The van der Waals surface area contributed by atoms with Crippen LogP contribution in [0.25, 0.3) is 0 Å². The van der Waals surface area contributed by atoms with Gasteiger partial charge in [-0.2, -0.15) is 0 Å². The van der Waals surface area contributed by atoms with Crippen LogP contribution in [0.4, 0.5) is 0 Å². The molecule has 0 spiro atoms. The molecule has 1 unspecified atom stereocenters. The smallest absolute Gasteiger partial charge is 0.327 e. The standard InChI is InChI=1S/C3H9O4P.2C2H7NO/c1-3(2-4)7-8(5)6;2*3-1-2-4/h3-6H,2H2,1H3;2*4H,1-3H2. The SMILES string of the molecule is CC(CO)OP(O)O.NCCO.NCCO. The van der Waals surface area contributed by atoms with Crippen LogP contribution in [-0.2, 0) is 4.52 Å². The molecule has 0 fully saturated rings. The third kappa shape index (κ3) is 36.9. The van der Waals surface area contributed by atoms with E-state index in [2.05, 4.69) is 4.52 Å². The Morgan fingerprint density at radius 2 is 1.38 bits per heavy atom. The van der Waals surface area contributed by atoms with Gasteiger partial charge in [-0.25, -0.2) is 0 Å². The fourth-order valence-corrected chi connectivity index (χ4v) is 0.583. The molecule has 8 nitrogen and oxygen atoms in total. The Labute approximate surface area is 96.5 Å². The van der Waals surface area contributed by atoms with Crippen molar-refractivity contribution in [2.45, 2.75) is 13.0 Å². The van der Waals surface area contributed by atoms with Crippen LogP contribution in [0.15, 0.2) is 0 Å². The molecule has 0 saturated carbocycles. The number of aliphatic hydroxyl groups is 3. The van der Waals surface area contributed by atoms with Gasteiger partial charge < -0.3 is 41.1 Å². The van der Waals surface area contributed by atoms with Crippen molar-refractivity contribution in [2.24, 2.45) is 11.5 Å². The van der Waals surface area contributed by atoms with E-state index in [0.717, 1.165) is 0 Å². The van der Waals surface area contributed by atoms with E-state index in [-0.39, 0.29) is 19.8 Å². The molecule has 0 aromatic heterocycles. The molecule has 9 heteroatoms. The molecule has 0 aliphatic heterocycles. The molecule has 0 aromatic carbocycles. The molecule has 16 heavy (non-hydrogen) atoms. The highest BCUT2D eigenvalue weighted by Crippen LogP contribution is 2.26. The summed E-state index contributed by atoms with van der Waals surface area (Å²) in [6, 6.07) is 0. The summed E-state index contributed by atoms with van der Waals surface area (Å²) in [7, 11) is -2.31. The second-order valence-electron chi connectivity index (χ2n) is 2.38. The number of hydrogen-bond acceptors (Lipinski definition) is 8. The van der Waals surface area contributed by atoms with Gasteiger partial charge in [-0.05, 0) is 6.92 Å². The highest BCUT2D eigenvalue weighted by molar-refractivity contribution is 7.39. The van der Waals surface area contributed by atoms with Crippen molar-refractivity contribution in [2.75, 3.05) is 32.9 Å². The first-order chi connectivity index (χ1) is 7.49. The molecule has 0 aromatic rings. The number of aliphatic hydroxyl groups excluding tert-OH is 3. The normalized spacial score (nSPS) is 11.1. The highest BCUT2D eigenvalue weighted by Gasteiger charge is 2.05. The van der Waals surface area contributed by atoms with Crippen LogP contribution in [0, 0.1) is 0 Å². The van der Waals surface area contributed by atoms with E-state index >= 15 is 0 Å². The first kappa shape index (κ1) is 21.4. The maximum absolute atomic E-state index is 8.25.